The van der Waals surface area contributed by atoms with E-state index < -0.39 is 5.91 Å². The van der Waals surface area contributed by atoms with E-state index in [1.165, 1.54) is 6.07 Å². The SMILES string of the molecule is Cc1cc2oc(C(=O)NC[C@H](c3ccccc3Cl)N(C)C)cc(=O)c2cc1C. The Hall–Kier alpha value is -2.63. The minimum absolute atomic E-state index is 0.00239. The first-order valence-electron chi connectivity index (χ1n) is 9.02. The second kappa shape index (κ2) is 8.17. The zero-order valence-electron chi connectivity index (χ0n) is 16.4. The van der Waals surface area contributed by atoms with Crippen molar-refractivity contribution in [2.24, 2.45) is 0 Å². The van der Waals surface area contributed by atoms with E-state index in [0.29, 0.717) is 22.5 Å². The minimum Gasteiger partial charge on any atom is -0.451 e. The summed E-state index contributed by atoms with van der Waals surface area (Å²) in [7, 11) is 3.84. The predicted octanol–water partition coefficient (Wildman–Crippen LogP) is 4.10. The number of hydrogen-bond donors (Lipinski definition) is 1. The van der Waals surface area contributed by atoms with Crippen LogP contribution in [0.15, 0.2) is 51.7 Å². The highest BCUT2D eigenvalue weighted by Crippen LogP contribution is 2.25. The smallest absolute Gasteiger partial charge is 0.287 e. The largest absolute Gasteiger partial charge is 0.451 e. The third-order valence-corrected chi connectivity index (χ3v) is 5.26. The average Bonchev–Trinajstić information content (AvgIpc) is 2.64. The van der Waals surface area contributed by atoms with E-state index >= 15 is 0 Å². The Balaban J connectivity index is 1.85. The van der Waals surface area contributed by atoms with Gasteiger partial charge in [-0.1, -0.05) is 29.8 Å². The first-order chi connectivity index (χ1) is 13.3. The van der Waals surface area contributed by atoms with E-state index in [0.717, 1.165) is 16.7 Å². The van der Waals surface area contributed by atoms with E-state index in [1.54, 1.807) is 12.1 Å². The molecule has 0 radical (unpaired) electrons. The van der Waals surface area contributed by atoms with E-state index in [2.05, 4.69) is 5.32 Å². The van der Waals surface area contributed by atoms with Gasteiger partial charge in [0, 0.05) is 17.6 Å². The maximum atomic E-state index is 12.6. The van der Waals surface area contributed by atoms with Crippen LogP contribution in [0.3, 0.4) is 0 Å². The Morgan fingerprint density at radius 1 is 1.14 bits per heavy atom. The molecule has 0 spiro atoms. The predicted molar refractivity (Wildman–Crippen MR) is 112 cm³/mol. The summed E-state index contributed by atoms with van der Waals surface area (Å²) in [5.41, 5.74) is 3.10. The molecule has 1 N–H and O–H groups in total. The number of hydrogen-bond acceptors (Lipinski definition) is 4. The van der Waals surface area contributed by atoms with E-state index in [-0.39, 0.29) is 17.2 Å². The molecule has 1 atom stereocenters. The van der Waals surface area contributed by atoms with Crippen molar-refractivity contribution in [2.45, 2.75) is 19.9 Å². The lowest BCUT2D eigenvalue weighted by Gasteiger charge is -2.25. The number of rotatable bonds is 5. The summed E-state index contributed by atoms with van der Waals surface area (Å²) in [5, 5.41) is 3.96. The van der Waals surface area contributed by atoms with Gasteiger partial charge in [-0.3, -0.25) is 9.59 Å². The molecule has 0 aliphatic rings. The van der Waals surface area contributed by atoms with Gasteiger partial charge in [0.2, 0.25) is 0 Å². The quantitative estimate of drug-likeness (QED) is 0.703. The zero-order chi connectivity index (χ0) is 20.4. The van der Waals surface area contributed by atoms with Gasteiger partial charge in [0.25, 0.3) is 5.91 Å². The van der Waals surface area contributed by atoms with Crippen molar-refractivity contribution >= 4 is 28.5 Å². The van der Waals surface area contributed by atoms with Crippen molar-refractivity contribution in [2.75, 3.05) is 20.6 Å². The lowest BCUT2D eigenvalue weighted by atomic mass is 10.1. The lowest BCUT2D eigenvalue weighted by Crippen LogP contribution is -2.35. The van der Waals surface area contributed by atoms with Gasteiger partial charge in [0.05, 0.1) is 11.4 Å². The zero-order valence-corrected chi connectivity index (χ0v) is 17.1. The molecule has 0 saturated heterocycles. The van der Waals surface area contributed by atoms with Crippen LogP contribution in [0.4, 0.5) is 0 Å². The molecule has 1 aromatic heterocycles. The van der Waals surface area contributed by atoms with Gasteiger partial charge in [-0.25, -0.2) is 0 Å². The van der Waals surface area contributed by atoms with Gasteiger partial charge >= 0.3 is 0 Å². The fraction of sp³-hybridized carbons (Fsp3) is 0.273. The minimum atomic E-state index is -0.434. The van der Waals surface area contributed by atoms with Crippen LogP contribution in [0.25, 0.3) is 11.0 Å². The number of nitrogens with zero attached hydrogens (tertiary/aromatic N) is 1. The Bertz CT molecular complexity index is 1090. The molecule has 6 heteroatoms. The molecule has 0 unspecified atom stereocenters. The van der Waals surface area contributed by atoms with Crippen LogP contribution in [-0.4, -0.2) is 31.4 Å². The van der Waals surface area contributed by atoms with Crippen LogP contribution in [0.1, 0.15) is 33.3 Å². The van der Waals surface area contributed by atoms with Crippen LogP contribution in [0.2, 0.25) is 5.02 Å². The molecule has 3 rings (SSSR count). The summed E-state index contributed by atoms with van der Waals surface area (Å²) in [6, 6.07) is 12.2. The van der Waals surface area contributed by atoms with Crippen molar-refractivity contribution in [3.05, 3.63) is 80.2 Å². The van der Waals surface area contributed by atoms with Crippen LogP contribution >= 0.6 is 11.6 Å². The molecular formula is C22H23ClN2O3. The molecular weight excluding hydrogens is 376 g/mol. The number of benzene rings is 2. The van der Waals surface area contributed by atoms with Crippen molar-refractivity contribution < 1.29 is 9.21 Å². The van der Waals surface area contributed by atoms with Gasteiger partial charge < -0.3 is 14.6 Å². The average molecular weight is 399 g/mol. The number of halogens is 1. The molecule has 1 amide bonds. The number of aryl methyl sites for hydroxylation is 2. The van der Waals surface area contributed by atoms with Gasteiger partial charge in [-0.05, 0) is 62.8 Å². The van der Waals surface area contributed by atoms with Crippen LogP contribution in [0.5, 0.6) is 0 Å². The molecule has 0 bridgehead atoms. The van der Waals surface area contributed by atoms with Crippen molar-refractivity contribution in [1.29, 1.82) is 0 Å². The molecule has 3 aromatic rings. The molecule has 2 aromatic carbocycles. The number of fused-ring (bicyclic) bond motifs is 1. The topological polar surface area (TPSA) is 62.6 Å². The summed E-state index contributed by atoms with van der Waals surface area (Å²) in [6.45, 7) is 4.20. The molecule has 1 heterocycles. The van der Waals surface area contributed by atoms with E-state index in [9.17, 15) is 9.59 Å². The number of carbonyl (C=O) groups is 1. The molecule has 0 aliphatic heterocycles. The highest BCUT2D eigenvalue weighted by molar-refractivity contribution is 6.31. The summed E-state index contributed by atoms with van der Waals surface area (Å²) in [4.78, 5) is 27.0. The monoisotopic (exact) mass is 398 g/mol. The Morgan fingerprint density at radius 3 is 2.50 bits per heavy atom. The second-order valence-corrected chi connectivity index (χ2v) is 7.53. The van der Waals surface area contributed by atoms with Crippen molar-refractivity contribution in [1.82, 2.24) is 10.2 Å². The van der Waals surface area contributed by atoms with E-state index in [1.807, 2.05) is 57.1 Å². The number of nitrogens with one attached hydrogen (secondary N) is 1. The highest BCUT2D eigenvalue weighted by atomic mass is 35.5. The molecule has 0 fully saturated rings. The summed E-state index contributed by atoms with van der Waals surface area (Å²) < 4.78 is 5.71. The second-order valence-electron chi connectivity index (χ2n) is 7.12. The molecule has 28 heavy (non-hydrogen) atoms. The molecule has 0 saturated carbocycles. The normalized spacial score (nSPS) is 12.4. The maximum Gasteiger partial charge on any atom is 0.287 e. The van der Waals surface area contributed by atoms with Crippen molar-refractivity contribution in [3.8, 4) is 0 Å². The fourth-order valence-electron chi connectivity index (χ4n) is 3.12. The fourth-order valence-corrected chi connectivity index (χ4v) is 3.38. The third-order valence-electron chi connectivity index (χ3n) is 4.91. The van der Waals surface area contributed by atoms with Gasteiger partial charge in [0.1, 0.15) is 5.58 Å². The Kier molecular flexibility index (Phi) is 5.87. The van der Waals surface area contributed by atoms with Crippen molar-refractivity contribution in [3.63, 3.8) is 0 Å². The van der Waals surface area contributed by atoms with E-state index in [4.69, 9.17) is 16.0 Å². The maximum absolute atomic E-state index is 12.6. The van der Waals surface area contributed by atoms with Crippen LogP contribution in [-0.2, 0) is 0 Å². The van der Waals surface area contributed by atoms with Gasteiger partial charge in [-0.2, -0.15) is 0 Å². The van der Waals surface area contributed by atoms with Gasteiger partial charge in [-0.15, -0.1) is 0 Å². The third kappa shape index (κ3) is 4.11. The molecule has 5 nitrogen and oxygen atoms in total. The number of carbonyl (C=O) groups excluding carboxylic acids is 1. The summed E-state index contributed by atoms with van der Waals surface area (Å²) >= 11 is 6.31. The lowest BCUT2D eigenvalue weighted by molar-refractivity contribution is 0.0914. The molecule has 146 valence electrons. The first-order valence-corrected chi connectivity index (χ1v) is 9.40. The Morgan fingerprint density at radius 2 is 1.82 bits per heavy atom. The van der Waals surface area contributed by atoms with Gasteiger partial charge in [0.15, 0.2) is 11.2 Å². The number of likely N-dealkylation sites (N-methyl/N-ethyl adjacent to an activating group) is 1. The summed E-state index contributed by atoms with van der Waals surface area (Å²) in [6.07, 6.45) is 0. The first kappa shape index (κ1) is 20.1. The Labute approximate surface area is 168 Å². The number of amides is 1. The standard InChI is InChI=1S/C22H23ClN2O3/c1-13-9-16-19(26)11-21(28-20(16)10-14(13)2)22(27)24-12-18(25(3)4)15-7-5-6-8-17(15)23/h5-11,18H,12H2,1-4H3,(H,24,27)/t18-/m1/s1. The molecule has 0 aliphatic carbocycles. The van der Waals surface area contributed by atoms with Crippen LogP contribution in [0, 0.1) is 13.8 Å². The highest BCUT2D eigenvalue weighted by Gasteiger charge is 2.20. The summed E-state index contributed by atoms with van der Waals surface area (Å²) in [5.74, 6) is -0.437. The van der Waals surface area contributed by atoms with Crippen LogP contribution < -0.4 is 10.7 Å².